The van der Waals surface area contributed by atoms with Crippen LogP contribution in [0.1, 0.15) is 25.8 Å². The average molecular weight is 396 g/mol. The Morgan fingerprint density at radius 1 is 1.42 bits per heavy atom. The second-order valence-electron chi connectivity index (χ2n) is 7.35. The highest BCUT2D eigenvalue weighted by atomic mass is 32.2. The third kappa shape index (κ3) is 4.59. The van der Waals surface area contributed by atoms with Crippen LogP contribution in [0.25, 0.3) is 11.0 Å². The number of nitrogens with zero attached hydrogens (tertiary/aromatic N) is 2. The Kier molecular flexibility index (Phi) is 5.62. The van der Waals surface area contributed by atoms with Crippen LogP contribution < -0.4 is 0 Å². The number of carbonyl (C=O) groups is 1. The van der Waals surface area contributed by atoms with Gasteiger partial charge in [-0.1, -0.05) is 31.7 Å². The molecule has 2 heterocycles. The van der Waals surface area contributed by atoms with Gasteiger partial charge in [0.1, 0.15) is 0 Å². The SMILES string of the molecule is Cc1ccc2nc(SCC(=O)N(CC(C)C)[C@H]3CCS(=O)(=O)C3)[nH]c2c1. The first-order chi connectivity index (χ1) is 12.2. The molecule has 1 saturated heterocycles. The van der Waals surface area contributed by atoms with E-state index in [-0.39, 0.29) is 29.2 Å². The van der Waals surface area contributed by atoms with Crippen LogP contribution in [-0.4, -0.2) is 59.0 Å². The van der Waals surface area contributed by atoms with Crippen molar-refractivity contribution in [1.29, 1.82) is 0 Å². The zero-order valence-corrected chi connectivity index (χ0v) is 17.0. The molecule has 8 heteroatoms. The molecule has 1 amide bonds. The van der Waals surface area contributed by atoms with E-state index >= 15 is 0 Å². The second-order valence-corrected chi connectivity index (χ2v) is 10.5. The summed E-state index contributed by atoms with van der Waals surface area (Å²) in [6.45, 7) is 6.69. The first kappa shape index (κ1) is 19.2. The number of rotatable bonds is 6. The van der Waals surface area contributed by atoms with Crippen LogP contribution in [0.15, 0.2) is 23.4 Å². The number of hydrogen-bond donors (Lipinski definition) is 1. The van der Waals surface area contributed by atoms with Crippen molar-refractivity contribution in [3.05, 3.63) is 23.8 Å². The fourth-order valence-corrected chi connectivity index (χ4v) is 5.75. The molecule has 2 aromatic rings. The summed E-state index contributed by atoms with van der Waals surface area (Å²) in [4.78, 5) is 22.3. The van der Waals surface area contributed by atoms with Crippen molar-refractivity contribution in [2.75, 3.05) is 23.8 Å². The number of aromatic nitrogens is 2. The number of sulfone groups is 1. The summed E-state index contributed by atoms with van der Waals surface area (Å²) in [5.41, 5.74) is 2.99. The number of hydrogen-bond acceptors (Lipinski definition) is 5. The molecular weight excluding hydrogens is 370 g/mol. The Hall–Kier alpha value is -1.54. The molecule has 1 aromatic carbocycles. The quantitative estimate of drug-likeness (QED) is 0.760. The number of aryl methyl sites for hydroxylation is 1. The minimum atomic E-state index is -3.02. The standard InChI is InChI=1S/C18H25N3O3S2/c1-12(2)9-21(14-6-7-26(23,24)11-14)17(22)10-25-18-19-15-5-4-13(3)8-16(15)20-18/h4-5,8,12,14H,6-7,9-11H2,1-3H3,(H,19,20)/t14-/m0/s1. The summed E-state index contributed by atoms with van der Waals surface area (Å²) in [6.07, 6.45) is 0.537. The Balaban J connectivity index is 1.68. The zero-order valence-electron chi connectivity index (χ0n) is 15.4. The largest absolute Gasteiger partial charge is 0.338 e. The summed E-state index contributed by atoms with van der Waals surface area (Å²) >= 11 is 1.37. The van der Waals surface area contributed by atoms with Crippen LogP contribution in [0, 0.1) is 12.8 Å². The molecule has 6 nitrogen and oxygen atoms in total. The molecule has 0 saturated carbocycles. The van der Waals surface area contributed by atoms with E-state index in [4.69, 9.17) is 0 Å². The lowest BCUT2D eigenvalue weighted by molar-refractivity contribution is -0.130. The molecule has 1 N–H and O–H groups in total. The van der Waals surface area contributed by atoms with Gasteiger partial charge in [0.05, 0.1) is 28.3 Å². The van der Waals surface area contributed by atoms with E-state index in [1.807, 2.05) is 39.0 Å². The van der Waals surface area contributed by atoms with E-state index in [1.165, 1.54) is 11.8 Å². The van der Waals surface area contributed by atoms with E-state index < -0.39 is 9.84 Å². The Bertz CT molecular complexity index is 906. The molecule has 1 aromatic heterocycles. The van der Waals surface area contributed by atoms with Gasteiger partial charge < -0.3 is 9.88 Å². The molecule has 0 unspecified atom stereocenters. The Morgan fingerprint density at radius 2 is 2.19 bits per heavy atom. The number of benzene rings is 1. The van der Waals surface area contributed by atoms with Crippen molar-refractivity contribution in [3.63, 3.8) is 0 Å². The van der Waals surface area contributed by atoms with Crippen molar-refractivity contribution in [2.24, 2.45) is 5.92 Å². The smallest absolute Gasteiger partial charge is 0.233 e. The van der Waals surface area contributed by atoms with Crippen molar-refractivity contribution in [2.45, 2.75) is 38.4 Å². The summed E-state index contributed by atoms with van der Waals surface area (Å²) in [6, 6.07) is 5.80. The van der Waals surface area contributed by atoms with E-state index in [0.29, 0.717) is 24.0 Å². The Labute approximate surface area is 158 Å². The highest BCUT2D eigenvalue weighted by Gasteiger charge is 2.34. The average Bonchev–Trinajstić information content (AvgIpc) is 3.12. The van der Waals surface area contributed by atoms with E-state index in [9.17, 15) is 13.2 Å². The lowest BCUT2D eigenvalue weighted by atomic mass is 10.1. The van der Waals surface area contributed by atoms with E-state index in [1.54, 1.807) is 4.90 Å². The summed E-state index contributed by atoms with van der Waals surface area (Å²) < 4.78 is 23.6. The van der Waals surface area contributed by atoms with Crippen LogP contribution in [0.3, 0.4) is 0 Å². The Morgan fingerprint density at radius 3 is 2.85 bits per heavy atom. The predicted molar refractivity (Wildman–Crippen MR) is 105 cm³/mol. The van der Waals surface area contributed by atoms with Gasteiger partial charge in [0, 0.05) is 12.6 Å². The first-order valence-corrected chi connectivity index (χ1v) is 11.6. The fourth-order valence-electron chi connectivity index (χ4n) is 3.25. The van der Waals surface area contributed by atoms with Gasteiger partial charge in [-0.2, -0.15) is 0 Å². The molecule has 1 fully saturated rings. The van der Waals surface area contributed by atoms with Crippen molar-refractivity contribution in [1.82, 2.24) is 14.9 Å². The molecule has 0 spiro atoms. The molecule has 1 aliphatic rings. The molecule has 3 rings (SSSR count). The van der Waals surface area contributed by atoms with Gasteiger partial charge in [-0.3, -0.25) is 4.79 Å². The van der Waals surface area contributed by atoms with Crippen LogP contribution in [0.4, 0.5) is 0 Å². The minimum absolute atomic E-state index is 0.0255. The summed E-state index contributed by atoms with van der Waals surface area (Å²) in [7, 11) is -3.02. The fraction of sp³-hybridized carbons (Fsp3) is 0.556. The molecule has 0 radical (unpaired) electrons. The lowest BCUT2D eigenvalue weighted by Crippen LogP contribution is -2.44. The zero-order chi connectivity index (χ0) is 18.9. The first-order valence-electron chi connectivity index (χ1n) is 8.82. The topological polar surface area (TPSA) is 83.1 Å². The number of carbonyl (C=O) groups excluding carboxylic acids is 1. The van der Waals surface area contributed by atoms with Gasteiger partial charge >= 0.3 is 0 Å². The van der Waals surface area contributed by atoms with Crippen molar-refractivity contribution < 1.29 is 13.2 Å². The minimum Gasteiger partial charge on any atom is -0.338 e. The number of amides is 1. The van der Waals surface area contributed by atoms with Crippen LogP contribution in [-0.2, 0) is 14.6 Å². The summed E-state index contributed by atoms with van der Waals surface area (Å²) in [5, 5.41) is 0.711. The number of aromatic amines is 1. The normalized spacial score (nSPS) is 19.3. The number of thioether (sulfide) groups is 1. The molecule has 142 valence electrons. The third-order valence-corrected chi connectivity index (χ3v) is 7.09. The highest BCUT2D eigenvalue weighted by Crippen LogP contribution is 2.23. The number of H-pyrrole nitrogens is 1. The van der Waals surface area contributed by atoms with Crippen LogP contribution >= 0.6 is 11.8 Å². The van der Waals surface area contributed by atoms with Gasteiger partial charge in [0.2, 0.25) is 5.91 Å². The molecule has 0 bridgehead atoms. The van der Waals surface area contributed by atoms with Crippen molar-refractivity contribution in [3.8, 4) is 0 Å². The van der Waals surface area contributed by atoms with Gasteiger partial charge in [-0.05, 0) is 37.0 Å². The van der Waals surface area contributed by atoms with E-state index in [0.717, 1.165) is 16.6 Å². The molecule has 26 heavy (non-hydrogen) atoms. The number of nitrogens with one attached hydrogen (secondary N) is 1. The molecular formula is C18H25N3O3S2. The second kappa shape index (κ2) is 7.60. The van der Waals surface area contributed by atoms with Gasteiger partial charge in [-0.25, -0.2) is 13.4 Å². The monoisotopic (exact) mass is 395 g/mol. The predicted octanol–water partition coefficient (Wildman–Crippen LogP) is 2.64. The highest BCUT2D eigenvalue weighted by molar-refractivity contribution is 7.99. The maximum Gasteiger partial charge on any atom is 0.233 e. The maximum absolute atomic E-state index is 12.8. The number of imidazole rings is 1. The van der Waals surface area contributed by atoms with Crippen LogP contribution in [0.5, 0.6) is 0 Å². The summed E-state index contributed by atoms with van der Waals surface area (Å²) in [5.74, 6) is 0.779. The van der Waals surface area contributed by atoms with Gasteiger partial charge in [0.15, 0.2) is 15.0 Å². The third-order valence-electron chi connectivity index (χ3n) is 4.48. The van der Waals surface area contributed by atoms with Crippen LogP contribution in [0.2, 0.25) is 0 Å². The van der Waals surface area contributed by atoms with Gasteiger partial charge in [-0.15, -0.1) is 0 Å². The molecule has 1 atom stereocenters. The maximum atomic E-state index is 12.8. The lowest BCUT2D eigenvalue weighted by Gasteiger charge is -2.29. The number of fused-ring (bicyclic) bond motifs is 1. The molecule has 1 aliphatic heterocycles. The van der Waals surface area contributed by atoms with Crippen molar-refractivity contribution >= 4 is 38.5 Å². The van der Waals surface area contributed by atoms with E-state index in [2.05, 4.69) is 9.97 Å². The van der Waals surface area contributed by atoms with Gasteiger partial charge in [0.25, 0.3) is 0 Å². The molecule has 0 aliphatic carbocycles.